The van der Waals surface area contributed by atoms with Gasteiger partial charge in [0.1, 0.15) is 17.3 Å². The Labute approximate surface area is 83.3 Å². The molecule has 1 heterocycles. The number of nitrogens with two attached hydrogens (primary N) is 1. The molecule has 1 aromatic carbocycles. The van der Waals surface area contributed by atoms with Crippen LogP contribution in [0, 0.1) is 11.6 Å². The third-order valence-electron chi connectivity index (χ3n) is 1.70. The van der Waals surface area contributed by atoms with Gasteiger partial charge in [-0.2, -0.15) is 4.98 Å². The molecule has 7 heteroatoms. The summed E-state index contributed by atoms with van der Waals surface area (Å²) in [4.78, 5) is 3.65. The van der Waals surface area contributed by atoms with Crippen LogP contribution in [0.25, 0.3) is 0 Å². The van der Waals surface area contributed by atoms with Crippen LogP contribution in [0.2, 0.25) is 0 Å². The van der Waals surface area contributed by atoms with Crippen molar-refractivity contribution in [1.82, 2.24) is 15.2 Å². The highest BCUT2D eigenvalue weighted by atomic mass is 19.1. The SMILES string of the molecule is Nc1nc(Nc2c(F)cccc2F)n[nH]1. The number of halogens is 2. The van der Waals surface area contributed by atoms with Gasteiger partial charge < -0.3 is 11.1 Å². The molecule has 0 spiro atoms. The van der Waals surface area contributed by atoms with Crippen LogP contribution in [0.4, 0.5) is 26.4 Å². The predicted octanol–water partition coefficient (Wildman–Crippen LogP) is 1.41. The summed E-state index contributed by atoms with van der Waals surface area (Å²) < 4.78 is 26.3. The summed E-state index contributed by atoms with van der Waals surface area (Å²) in [5.74, 6) is -1.37. The number of anilines is 3. The Bertz CT molecular complexity index is 461. The van der Waals surface area contributed by atoms with E-state index in [9.17, 15) is 8.78 Å². The van der Waals surface area contributed by atoms with E-state index in [0.717, 1.165) is 12.1 Å². The maximum atomic E-state index is 13.1. The minimum Gasteiger partial charge on any atom is -0.368 e. The number of nitrogens with zero attached hydrogens (tertiary/aromatic N) is 2. The first kappa shape index (κ1) is 9.38. The van der Waals surface area contributed by atoms with Gasteiger partial charge in [-0.15, -0.1) is 5.10 Å². The number of rotatable bonds is 2. The first-order chi connectivity index (χ1) is 7.16. The molecule has 15 heavy (non-hydrogen) atoms. The van der Waals surface area contributed by atoms with Crippen LogP contribution >= 0.6 is 0 Å². The Balaban J connectivity index is 2.31. The van der Waals surface area contributed by atoms with Crippen molar-refractivity contribution >= 4 is 17.6 Å². The van der Waals surface area contributed by atoms with Crippen LogP contribution in [-0.4, -0.2) is 15.2 Å². The summed E-state index contributed by atoms with van der Waals surface area (Å²) >= 11 is 0. The molecule has 0 amide bonds. The van der Waals surface area contributed by atoms with Crippen molar-refractivity contribution in [2.24, 2.45) is 0 Å². The van der Waals surface area contributed by atoms with Crippen LogP contribution in [0.5, 0.6) is 0 Å². The van der Waals surface area contributed by atoms with Gasteiger partial charge in [-0.25, -0.2) is 13.9 Å². The molecule has 0 radical (unpaired) electrons. The average molecular weight is 211 g/mol. The quantitative estimate of drug-likeness (QED) is 0.701. The lowest BCUT2D eigenvalue weighted by Gasteiger charge is -2.03. The molecule has 0 bridgehead atoms. The molecule has 2 aromatic rings. The number of hydrogen-bond acceptors (Lipinski definition) is 4. The first-order valence-corrected chi connectivity index (χ1v) is 4.06. The second-order valence-electron chi connectivity index (χ2n) is 2.77. The molecule has 0 fully saturated rings. The highest BCUT2D eigenvalue weighted by Gasteiger charge is 2.10. The Morgan fingerprint density at radius 2 is 1.93 bits per heavy atom. The second-order valence-corrected chi connectivity index (χ2v) is 2.77. The third kappa shape index (κ3) is 1.85. The second kappa shape index (κ2) is 3.52. The Kier molecular flexibility index (Phi) is 2.20. The molecular formula is C8H7F2N5. The van der Waals surface area contributed by atoms with Gasteiger partial charge in [0.05, 0.1) is 0 Å². The van der Waals surface area contributed by atoms with E-state index in [1.807, 2.05) is 0 Å². The number of hydrogen-bond donors (Lipinski definition) is 3. The van der Waals surface area contributed by atoms with Gasteiger partial charge in [-0.1, -0.05) is 6.07 Å². The van der Waals surface area contributed by atoms with E-state index in [2.05, 4.69) is 20.5 Å². The van der Waals surface area contributed by atoms with E-state index < -0.39 is 11.6 Å². The van der Waals surface area contributed by atoms with E-state index in [1.165, 1.54) is 6.07 Å². The minimum atomic E-state index is -0.724. The highest BCUT2D eigenvalue weighted by Crippen LogP contribution is 2.20. The lowest BCUT2D eigenvalue weighted by Crippen LogP contribution is -1.98. The fourth-order valence-corrected chi connectivity index (χ4v) is 1.06. The molecule has 0 saturated carbocycles. The smallest absolute Gasteiger partial charge is 0.248 e. The molecule has 0 aliphatic carbocycles. The average Bonchev–Trinajstić information content (AvgIpc) is 2.58. The molecule has 2 rings (SSSR count). The van der Waals surface area contributed by atoms with E-state index in [1.54, 1.807) is 0 Å². The maximum absolute atomic E-state index is 13.1. The zero-order valence-electron chi connectivity index (χ0n) is 7.46. The molecule has 0 atom stereocenters. The normalized spacial score (nSPS) is 10.3. The summed E-state index contributed by atoms with van der Waals surface area (Å²) in [5, 5.41) is 8.30. The Morgan fingerprint density at radius 3 is 2.47 bits per heavy atom. The molecule has 0 unspecified atom stereocenters. The first-order valence-electron chi connectivity index (χ1n) is 4.06. The zero-order chi connectivity index (χ0) is 10.8. The summed E-state index contributed by atoms with van der Waals surface area (Å²) in [6, 6.07) is 3.52. The standard InChI is InChI=1S/C8H7F2N5/c9-4-2-1-3-5(10)6(4)12-8-13-7(11)14-15-8/h1-3H,(H4,11,12,13,14,15). The van der Waals surface area contributed by atoms with Crippen molar-refractivity contribution in [1.29, 1.82) is 0 Å². The van der Waals surface area contributed by atoms with E-state index in [-0.39, 0.29) is 17.6 Å². The van der Waals surface area contributed by atoms with Crippen LogP contribution in [0.1, 0.15) is 0 Å². The van der Waals surface area contributed by atoms with Gasteiger partial charge in [0.15, 0.2) is 0 Å². The van der Waals surface area contributed by atoms with Crippen molar-refractivity contribution in [3.05, 3.63) is 29.8 Å². The molecule has 0 aliphatic rings. The van der Waals surface area contributed by atoms with Crippen molar-refractivity contribution in [2.45, 2.75) is 0 Å². The summed E-state index contributed by atoms with van der Waals surface area (Å²) in [7, 11) is 0. The Morgan fingerprint density at radius 1 is 1.27 bits per heavy atom. The topological polar surface area (TPSA) is 79.6 Å². The monoisotopic (exact) mass is 211 g/mol. The summed E-state index contributed by atoms with van der Waals surface area (Å²) in [6.07, 6.45) is 0. The van der Waals surface area contributed by atoms with Crippen molar-refractivity contribution < 1.29 is 8.78 Å². The third-order valence-corrected chi connectivity index (χ3v) is 1.70. The van der Waals surface area contributed by atoms with E-state index >= 15 is 0 Å². The fraction of sp³-hybridized carbons (Fsp3) is 0. The molecule has 0 saturated heterocycles. The molecule has 78 valence electrons. The predicted molar refractivity (Wildman–Crippen MR) is 50.4 cm³/mol. The number of para-hydroxylation sites is 1. The minimum absolute atomic E-state index is 0.0106. The maximum Gasteiger partial charge on any atom is 0.248 e. The molecule has 0 aliphatic heterocycles. The fourth-order valence-electron chi connectivity index (χ4n) is 1.06. The summed E-state index contributed by atoms with van der Waals surface area (Å²) in [6.45, 7) is 0. The van der Waals surface area contributed by atoms with Crippen LogP contribution in [-0.2, 0) is 0 Å². The summed E-state index contributed by atoms with van der Waals surface area (Å²) in [5.41, 5.74) is 4.94. The number of aromatic amines is 1. The number of aromatic nitrogens is 3. The largest absolute Gasteiger partial charge is 0.368 e. The number of nitrogen functional groups attached to an aromatic ring is 1. The van der Waals surface area contributed by atoms with Crippen molar-refractivity contribution in [2.75, 3.05) is 11.1 Å². The van der Waals surface area contributed by atoms with Gasteiger partial charge in [0, 0.05) is 0 Å². The number of nitrogens with one attached hydrogen (secondary N) is 2. The molecule has 5 nitrogen and oxygen atoms in total. The lowest BCUT2D eigenvalue weighted by atomic mass is 10.3. The van der Waals surface area contributed by atoms with Crippen LogP contribution in [0.3, 0.4) is 0 Å². The van der Waals surface area contributed by atoms with Crippen LogP contribution < -0.4 is 11.1 Å². The molecular weight excluding hydrogens is 204 g/mol. The van der Waals surface area contributed by atoms with E-state index in [0.29, 0.717) is 0 Å². The van der Waals surface area contributed by atoms with Gasteiger partial charge in [-0.3, -0.25) is 0 Å². The Hall–Kier alpha value is -2.18. The zero-order valence-corrected chi connectivity index (χ0v) is 7.46. The van der Waals surface area contributed by atoms with Crippen molar-refractivity contribution in [3.63, 3.8) is 0 Å². The highest BCUT2D eigenvalue weighted by molar-refractivity contribution is 5.55. The van der Waals surface area contributed by atoms with Gasteiger partial charge >= 0.3 is 0 Å². The van der Waals surface area contributed by atoms with E-state index in [4.69, 9.17) is 5.73 Å². The van der Waals surface area contributed by atoms with Crippen LogP contribution in [0.15, 0.2) is 18.2 Å². The van der Waals surface area contributed by atoms with Gasteiger partial charge in [0.2, 0.25) is 11.9 Å². The van der Waals surface area contributed by atoms with Gasteiger partial charge in [-0.05, 0) is 12.1 Å². The van der Waals surface area contributed by atoms with Crippen molar-refractivity contribution in [3.8, 4) is 0 Å². The number of benzene rings is 1. The molecule has 1 aromatic heterocycles. The lowest BCUT2D eigenvalue weighted by molar-refractivity contribution is 0.590. The van der Waals surface area contributed by atoms with Gasteiger partial charge in [0.25, 0.3) is 0 Å². The number of H-pyrrole nitrogens is 1. The molecule has 4 N–H and O–H groups in total.